The molecule has 0 aromatic heterocycles. The molecule has 0 radical (unpaired) electrons. The van der Waals surface area contributed by atoms with Gasteiger partial charge >= 0.3 is 6.03 Å². The molecule has 2 aromatic rings. The molecule has 4 rings (SSSR count). The molecule has 1 aliphatic carbocycles. The van der Waals surface area contributed by atoms with Crippen LogP contribution in [0, 0.1) is 19.8 Å². The molecule has 2 aromatic carbocycles. The van der Waals surface area contributed by atoms with Gasteiger partial charge in [-0.2, -0.15) is 0 Å². The average Bonchev–Trinajstić information content (AvgIpc) is 3.25. The first-order valence-electron chi connectivity index (χ1n) is 9.52. The minimum atomic E-state index is -0.0395. The van der Waals surface area contributed by atoms with Crippen LogP contribution in [-0.4, -0.2) is 35.5 Å². The normalized spacial score (nSPS) is 23.3. The van der Waals surface area contributed by atoms with Crippen LogP contribution in [0.4, 0.5) is 10.5 Å². The zero-order chi connectivity index (χ0) is 19.0. The van der Waals surface area contributed by atoms with Crippen LogP contribution in [0.15, 0.2) is 48.5 Å². The predicted molar refractivity (Wildman–Crippen MR) is 106 cm³/mol. The van der Waals surface area contributed by atoms with E-state index < -0.39 is 0 Å². The summed E-state index contributed by atoms with van der Waals surface area (Å²) in [6, 6.07) is 15.6. The van der Waals surface area contributed by atoms with E-state index in [4.69, 9.17) is 0 Å². The Bertz CT molecular complexity index is 865. The van der Waals surface area contributed by atoms with Crippen LogP contribution >= 0.6 is 0 Å². The number of hydrogen-bond donors (Lipinski definition) is 2. The predicted octanol–water partition coefficient (Wildman–Crippen LogP) is 3.73. The van der Waals surface area contributed by atoms with Gasteiger partial charge in [0.05, 0.1) is 0 Å². The van der Waals surface area contributed by atoms with Crippen molar-refractivity contribution in [3.05, 3.63) is 65.2 Å². The highest BCUT2D eigenvalue weighted by Crippen LogP contribution is 2.38. The van der Waals surface area contributed by atoms with Crippen LogP contribution in [0.25, 0.3) is 0 Å². The van der Waals surface area contributed by atoms with E-state index in [2.05, 4.69) is 16.7 Å². The Balaban J connectivity index is 1.35. The van der Waals surface area contributed by atoms with Crippen molar-refractivity contribution in [2.24, 2.45) is 5.92 Å². The van der Waals surface area contributed by atoms with Crippen molar-refractivity contribution in [2.45, 2.75) is 38.8 Å². The lowest BCUT2D eigenvalue weighted by Gasteiger charge is -2.32. The molecule has 1 saturated carbocycles. The molecule has 2 aliphatic rings. The zero-order valence-corrected chi connectivity index (χ0v) is 15.7. The number of nitrogens with zero attached hydrogens (tertiary/aromatic N) is 1. The SMILES string of the molecule is Cc1ccc(NC(=O)N2C[C@@H]3C[C@H]2C[C@@H]3NC(=O)c2ccccc2)c(C)c1. The fraction of sp³-hybridized carbons (Fsp3) is 0.364. The molecule has 2 fully saturated rings. The molecule has 5 heteroatoms. The molecule has 140 valence electrons. The van der Waals surface area contributed by atoms with Gasteiger partial charge in [-0.3, -0.25) is 4.79 Å². The van der Waals surface area contributed by atoms with E-state index >= 15 is 0 Å². The molecule has 1 heterocycles. The standard InChI is InChI=1S/C22H25N3O2/c1-14-8-9-19(15(2)10-14)24-22(27)25-13-17-11-18(25)12-20(17)23-21(26)16-6-4-3-5-7-16/h3-10,17-18,20H,11-13H2,1-2H3,(H,23,26)(H,24,27)/t17-,18-,20-/m0/s1. The molecule has 27 heavy (non-hydrogen) atoms. The number of likely N-dealkylation sites (tertiary alicyclic amines) is 1. The molecule has 2 N–H and O–H groups in total. The second kappa shape index (κ2) is 7.06. The van der Waals surface area contributed by atoms with E-state index in [9.17, 15) is 9.59 Å². The molecule has 5 nitrogen and oxygen atoms in total. The average molecular weight is 363 g/mol. The Morgan fingerprint density at radius 2 is 1.81 bits per heavy atom. The minimum absolute atomic E-state index is 0.0283. The van der Waals surface area contributed by atoms with Crippen LogP contribution in [0.5, 0.6) is 0 Å². The molecule has 0 spiro atoms. The fourth-order valence-electron chi connectivity index (χ4n) is 4.36. The Labute approximate surface area is 159 Å². The highest BCUT2D eigenvalue weighted by atomic mass is 16.2. The fourth-order valence-corrected chi connectivity index (χ4v) is 4.36. The second-order valence-electron chi connectivity index (χ2n) is 7.73. The zero-order valence-electron chi connectivity index (χ0n) is 15.7. The highest BCUT2D eigenvalue weighted by Gasteiger charge is 2.47. The molecular formula is C22H25N3O2. The minimum Gasteiger partial charge on any atom is -0.349 e. The number of urea groups is 1. The van der Waals surface area contributed by atoms with Crippen molar-refractivity contribution in [1.29, 1.82) is 0 Å². The quantitative estimate of drug-likeness (QED) is 0.873. The number of aryl methyl sites for hydroxylation is 2. The Kier molecular flexibility index (Phi) is 4.60. The lowest BCUT2D eigenvalue weighted by molar-refractivity contribution is 0.0915. The number of benzene rings is 2. The first-order chi connectivity index (χ1) is 13.0. The topological polar surface area (TPSA) is 61.4 Å². The number of anilines is 1. The van der Waals surface area contributed by atoms with Crippen LogP contribution in [0.3, 0.4) is 0 Å². The first-order valence-corrected chi connectivity index (χ1v) is 9.52. The van der Waals surface area contributed by atoms with E-state index in [0.717, 1.165) is 24.1 Å². The molecule has 3 atom stereocenters. The van der Waals surface area contributed by atoms with Crippen LogP contribution in [-0.2, 0) is 0 Å². The molecule has 3 amide bonds. The van der Waals surface area contributed by atoms with E-state index in [1.54, 1.807) is 0 Å². The van der Waals surface area contributed by atoms with Gasteiger partial charge in [-0.15, -0.1) is 0 Å². The molecule has 1 saturated heterocycles. The third-order valence-corrected chi connectivity index (χ3v) is 5.78. The van der Waals surface area contributed by atoms with E-state index in [-0.39, 0.29) is 24.0 Å². The van der Waals surface area contributed by atoms with Crippen LogP contribution in [0.2, 0.25) is 0 Å². The maximum absolute atomic E-state index is 12.7. The Hall–Kier alpha value is -2.82. The van der Waals surface area contributed by atoms with Gasteiger partial charge in [0.15, 0.2) is 0 Å². The third-order valence-electron chi connectivity index (χ3n) is 5.78. The summed E-state index contributed by atoms with van der Waals surface area (Å²) >= 11 is 0. The van der Waals surface area contributed by atoms with E-state index in [1.165, 1.54) is 5.56 Å². The number of rotatable bonds is 3. The number of carbonyl (C=O) groups is 2. The molecule has 2 bridgehead atoms. The van der Waals surface area contributed by atoms with Crippen molar-refractivity contribution >= 4 is 17.6 Å². The smallest absolute Gasteiger partial charge is 0.322 e. The van der Waals surface area contributed by atoms with Gasteiger partial charge in [-0.1, -0.05) is 35.9 Å². The van der Waals surface area contributed by atoms with Crippen LogP contribution < -0.4 is 10.6 Å². The van der Waals surface area contributed by atoms with Gasteiger partial charge < -0.3 is 15.5 Å². The summed E-state index contributed by atoms with van der Waals surface area (Å²) in [6.45, 7) is 4.75. The van der Waals surface area contributed by atoms with Crippen molar-refractivity contribution < 1.29 is 9.59 Å². The van der Waals surface area contributed by atoms with Gasteiger partial charge in [-0.05, 0) is 56.4 Å². The number of carbonyl (C=O) groups excluding carboxylic acids is 2. The van der Waals surface area contributed by atoms with Crippen molar-refractivity contribution in [2.75, 3.05) is 11.9 Å². The lowest BCUT2D eigenvalue weighted by atomic mass is 10.0. The van der Waals surface area contributed by atoms with Gasteiger partial charge in [-0.25, -0.2) is 4.79 Å². The lowest BCUT2D eigenvalue weighted by Crippen LogP contribution is -2.48. The van der Waals surface area contributed by atoms with E-state index in [0.29, 0.717) is 18.0 Å². The maximum Gasteiger partial charge on any atom is 0.322 e. The Morgan fingerprint density at radius 3 is 2.48 bits per heavy atom. The second-order valence-corrected chi connectivity index (χ2v) is 7.73. The summed E-state index contributed by atoms with van der Waals surface area (Å²) in [7, 11) is 0. The van der Waals surface area contributed by atoms with E-state index in [1.807, 2.05) is 61.2 Å². The van der Waals surface area contributed by atoms with Gasteiger partial charge in [0.1, 0.15) is 0 Å². The number of nitrogens with one attached hydrogen (secondary N) is 2. The monoisotopic (exact) mass is 363 g/mol. The maximum atomic E-state index is 12.7. The van der Waals surface area contributed by atoms with Crippen molar-refractivity contribution in [3.8, 4) is 0 Å². The van der Waals surface area contributed by atoms with Crippen molar-refractivity contribution in [1.82, 2.24) is 10.2 Å². The van der Waals surface area contributed by atoms with Crippen LogP contribution in [0.1, 0.15) is 34.3 Å². The summed E-state index contributed by atoms with van der Waals surface area (Å²) < 4.78 is 0. The highest BCUT2D eigenvalue weighted by molar-refractivity contribution is 5.94. The summed E-state index contributed by atoms with van der Waals surface area (Å²) in [5, 5.41) is 6.20. The number of fused-ring (bicyclic) bond motifs is 2. The van der Waals surface area contributed by atoms with Gasteiger partial charge in [0.25, 0.3) is 5.91 Å². The summed E-state index contributed by atoms with van der Waals surface area (Å²) in [5.74, 6) is 0.298. The summed E-state index contributed by atoms with van der Waals surface area (Å²) in [5.41, 5.74) is 3.80. The summed E-state index contributed by atoms with van der Waals surface area (Å²) in [6.07, 6.45) is 1.78. The molecule has 0 unspecified atom stereocenters. The molecular weight excluding hydrogens is 338 g/mol. The van der Waals surface area contributed by atoms with Gasteiger partial charge in [0.2, 0.25) is 0 Å². The third kappa shape index (κ3) is 3.54. The number of amides is 3. The van der Waals surface area contributed by atoms with Gasteiger partial charge in [0, 0.05) is 29.9 Å². The number of hydrogen-bond acceptors (Lipinski definition) is 2. The molecule has 1 aliphatic heterocycles. The first kappa shape index (κ1) is 17.6. The van der Waals surface area contributed by atoms with Crippen molar-refractivity contribution in [3.63, 3.8) is 0 Å². The largest absolute Gasteiger partial charge is 0.349 e. The number of piperidine rings is 1. The summed E-state index contributed by atoms with van der Waals surface area (Å²) in [4.78, 5) is 27.0. The Morgan fingerprint density at radius 1 is 1.04 bits per heavy atom.